The highest BCUT2D eigenvalue weighted by molar-refractivity contribution is 7.89. The van der Waals surface area contributed by atoms with Gasteiger partial charge in [0.05, 0.1) is 5.56 Å². The van der Waals surface area contributed by atoms with Crippen LogP contribution in [0, 0.1) is 5.92 Å². The quantitative estimate of drug-likeness (QED) is 0.821. The minimum absolute atomic E-state index is 0.0528. The average Bonchev–Trinajstić information content (AvgIpc) is 2.47. The molecule has 0 aliphatic carbocycles. The SMILES string of the molecule is O=C(O)c1ccc(S(=O)(=O)N2CCC(CO)CC2)nc1. The van der Waals surface area contributed by atoms with Gasteiger partial charge in [0.15, 0.2) is 5.03 Å². The maximum atomic E-state index is 12.3. The van der Waals surface area contributed by atoms with Crippen LogP contribution >= 0.6 is 0 Å². The van der Waals surface area contributed by atoms with E-state index in [0.717, 1.165) is 6.20 Å². The van der Waals surface area contributed by atoms with Crippen LogP contribution in [0.2, 0.25) is 0 Å². The number of aliphatic hydroxyl groups excluding tert-OH is 1. The van der Waals surface area contributed by atoms with E-state index in [1.54, 1.807) is 0 Å². The molecule has 7 nitrogen and oxygen atoms in total. The first-order chi connectivity index (χ1) is 9.45. The lowest BCUT2D eigenvalue weighted by Gasteiger charge is -2.29. The van der Waals surface area contributed by atoms with E-state index in [0.29, 0.717) is 25.9 Å². The van der Waals surface area contributed by atoms with Gasteiger partial charge in [-0.15, -0.1) is 0 Å². The Morgan fingerprint density at radius 1 is 1.35 bits per heavy atom. The Hall–Kier alpha value is -1.51. The summed E-state index contributed by atoms with van der Waals surface area (Å²) in [6.07, 6.45) is 2.27. The van der Waals surface area contributed by atoms with Crippen LogP contribution in [0.3, 0.4) is 0 Å². The topological polar surface area (TPSA) is 108 Å². The Morgan fingerprint density at radius 3 is 2.45 bits per heavy atom. The first kappa shape index (κ1) is 14.9. The molecule has 1 aromatic rings. The number of carbonyl (C=O) groups is 1. The van der Waals surface area contributed by atoms with Crippen molar-refractivity contribution in [2.24, 2.45) is 5.92 Å². The number of aromatic carboxylic acids is 1. The van der Waals surface area contributed by atoms with Gasteiger partial charge in [-0.25, -0.2) is 18.2 Å². The first-order valence-corrected chi connectivity index (χ1v) is 7.69. The van der Waals surface area contributed by atoms with Crippen molar-refractivity contribution in [3.8, 4) is 0 Å². The van der Waals surface area contributed by atoms with Gasteiger partial charge in [0.25, 0.3) is 10.0 Å². The molecule has 8 heteroatoms. The molecule has 0 radical (unpaired) electrons. The molecule has 110 valence electrons. The van der Waals surface area contributed by atoms with E-state index in [1.807, 2.05) is 0 Å². The molecule has 0 saturated carbocycles. The molecule has 1 fully saturated rings. The van der Waals surface area contributed by atoms with Crippen LogP contribution < -0.4 is 0 Å². The Bertz CT molecular complexity index is 576. The number of aromatic nitrogens is 1. The lowest BCUT2D eigenvalue weighted by molar-refractivity contribution is 0.0696. The van der Waals surface area contributed by atoms with Crippen molar-refractivity contribution in [3.05, 3.63) is 23.9 Å². The molecule has 2 heterocycles. The van der Waals surface area contributed by atoms with Crippen LogP contribution in [0.4, 0.5) is 0 Å². The molecule has 1 saturated heterocycles. The fourth-order valence-corrected chi connectivity index (χ4v) is 3.51. The largest absolute Gasteiger partial charge is 0.478 e. The third-order valence-corrected chi connectivity index (χ3v) is 5.23. The Morgan fingerprint density at radius 2 is 2.00 bits per heavy atom. The number of rotatable bonds is 4. The number of hydrogen-bond donors (Lipinski definition) is 2. The number of carboxylic acids is 1. The van der Waals surface area contributed by atoms with Crippen molar-refractivity contribution in [3.63, 3.8) is 0 Å². The van der Waals surface area contributed by atoms with Crippen LogP contribution in [0.1, 0.15) is 23.2 Å². The molecule has 2 rings (SSSR count). The third-order valence-electron chi connectivity index (χ3n) is 3.42. The molecule has 20 heavy (non-hydrogen) atoms. The van der Waals surface area contributed by atoms with E-state index < -0.39 is 16.0 Å². The van der Waals surface area contributed by atoms with Crippen LogP contribution in [-0.4, -0.2) is 53.6 Å². The molecular weight excluding hydrogens is 284 g/mol. The highest BCUT2D eigenvalue weighted by Crippen LogP contribution is 2.22. The fraction of sp³-hybridized carbons (Fsp3) is 0.500. The predicted molar refractivity (Wildman–Crippen MR) is 69.8 cm³/mol. The molecular formula is C12H16N2O5S. The molecule has 0 unspecified atom stereocenters. The van der Waals surface area contributed by atoms with Gasteiger partial charge in [0.2, 0.25) is 0 Å². The molecule has 1 aliphatic heterocycles. The van der Waals surface area contributed by atoms with Gasteiger partial charge >= 0.3 is 5.97 Å². The summed E-state index contributed by atoms with van der Waals surface area (Å²) in [6.45, 7) is 0.755. The van der Waals surface area contributed by atoms with Crippen molar-refractivity contribution in [1.82, 2.24) is 9.29 Å². The van der Waals surface area contributed by atoms with Gasteiger partial charge in [0.1, 0.15) is 0 Å². The second-order valence-electron chi connectivity index (χ2n) is 4.72. The highest BCUT2D eigenvalue weighted by Gasteiger charge is 2.30. The van der Waals surface area contributed by atoms with Gasteiger partial charge in [-0.2, -0.15) is 4.31 Å². The summed E-state index contributed by atoms with van der Waals surface area (Å²) in [7, 11) is -3.69. The van der Waals surface area contributed by atoms with Crippen molar-refractivity contribution in [2.75, 3.05) is 19.7 Å². The minimum atomic E-state index is -3.69. The first-order valence-electron chi connectivity index (χ1n) is 6.25. The summed E-state index contributed by atoms with van der Waals surface area (Å²) in [5, 5.41) is 17.7. The number of pyridine rings is 1. The Kier molecular flexibility index (Phi) is 4.36. The van der Waals surface area contributed by atoms with E-state index in [4.69, 9.17) is 10.2 Å². The van der Waals surface area contributed by atoms with E-state index in [9.17, 15) is 13.2 Å². The highest BCUT2D eigenvalue weighted by atomic mass is 32.2. The minimum Gasteiger partial charge on any atom is -0.478 e. The summed E-state index contributed by atoms with van der Waals surface area (Å²) in [6, 6.07) is 2.43. The summed E-state index contributed by atoms with van der Waals surface area (Å²) in [5.74, 6) is -1.01. The van der Waals surface area contributed by atoms with Crippen molar-refractivity contribution in [1.29, 1.82) is 0 Å². The monoisotopic (exact) mass is 300 g/mol. The van der Waals surface area contributed by atoms with E-state index >= 15 is 0 Å². The zero-order valence-electron chi connectivity index (χ0n) is 10.8. The molecule has 0 amide bonds. The zero-order chi connectivity index (χ0) is 14.8. The summed E-state index contributed by atoms with van der Waals surface area (Å²) in [5.41, 5.74) is -0.0528. The summed E-state index contributed by atoms with van der Waals surface area (Å²) < 4.78 is 26.0. The number of hydrogen-bond acceptors (Lipinski definition) is 5. The average molecular weight is 300 g/mol. The van der Waals surface area contributed by atoms with Crippen molar-refractivity contribution < 1.29 is 23.4 Å². The number of aliphatic hydroxyl groups is 1. The van der Waals surface area contributed by atoms with Gasteiger partial charge in [-0.3, -0.25) is 0 Å². The van der Waals surface area contributed by atoms with E-state index in [-0.39, 0.29) is 23.1 Å². The smallest absolute Gasteiger partial charge is 0.337 e. The van der Waals surface area contributed by atoms with Crippen LogP contribution in [0.25, 0.3) is 0 Å². The molecule has 2 N–H and O–H groups in total. The second kappa shape index (κ2) is 5.86. The number of piperidine rings is 1. The predicted octanol–water partition coefficient (Wildman–Crippen LogP) is 0.173. The summed E-state index contributed by atoms with van der Waals surface area (Å²) in [4.78, 5) is 14.4. The third kappa shape index (κ3) is 2.97. The molecule has 0 aromatic carbocycles. The number of carboxylic acid groups (broad SMARTS) is 1. The second-order valence-corrected chi connectivity index (χ2v) is 6.61. The van der Waals surface area contributed by atoms with Crippen molar-refractivity contribution >= 4 is 16.0 Å². The Labute approximate surface area is 116 Å². The van der Waals surface area contributed by atoms with Gasteiger partial charge in [-0.05, 0) is 30.9 Å². The van der Waals surface area contributed by atoms with E-state index in [2.05, 4.69) is 4.98 Å². The molecule has 0 spiro atoms. The standard InChI is InChI=1S/C12H16N2O5S/c15-8-9-3-5-14(6-4-9)20(18,19)11-2-1-10(7-13-11)12(16)17/h1-2,7,9,15H,3-6,8H2,(H,16,17). The fourth-order valence-electron chi connectivity index (χ4n) is 2.12. The molecule has 1 aliphatic rings. The number of sulfonamides is 1. The van der Waals surface area contributed by atoms with Crippen LogP contribution in [0.15, 0.2) is 23.4 Å². The van der Waals surface area contributed by atoms with Crippen molar-refractivity contribution in [2.45, 2.75) is 17.9 Å². The summed E-state index contributed by atoms with van der Waals surface area (Å²) >= 11 is 0. The zero-order valence-corrected chi connectivity index (χ0v) is 11.6. The maximum absolute atomic E-state index is 12.3. The van der Waals surface area contributed by atoms with E-state index in [1.165, 1.54) is 16.4 Å². The van der Waals surface area contributed by atoms with Gasteiger partial charge in [0, 0.05) is 25.9 Å². The van der Waals surface area contributed by atoms with Gasteiger partial charge in [-0.1, -0.05) is 0 Å². The van der Waals surface area contributed by atoms with Crippen LogP contribution in [0.5, 0.6) is 0 Å². The number of nitrogens with zero attached hydrogens (tertiary/aromatic N) is 2. The molecule has 0 bridgehead atoms. The maximum Gasteiger partial charge on any atom is 0.337 e. The molecule has 0 atom stereocenters. The van der Waals surface area contributed by atoms with Gasteiger partial charge < -0.3 is 10.2 Å². The van der Waals surface area contributed by atoms with Crippen LogP contribution in [-0.2, 0) is 10.0 Å². The molecule has 1 aromatic heterocycles. The normalized spacial score (nSPS) is 18.1. The Balaban J connectivity index is 2.16. The lowest BCUT2D eigenvalue weighted by atomic mass is 10.00. The lowest BCUT2D eigenvalue weighted by Crippen LogP contribution is -2.39.